The van der Waals surface area contributed by atoms with Crippen molar-refractivity contribution in [2.24, 2.45) is 0 Å². The lowest BCUT2D eigenvalue weighted by Crippen LogP contribution is -2.09. The predicted molar refractivity (Wildman–Crippen MR) is 79.9 cm³/mol. The highest BCUT2D eigenvalue weighted by molar-refractivity contribution is 7.16. The van der Waals surface area contributed by atoms with Gasteiger partial charge in [-0.25, -0.2) is 0 Å². The number of thiophene rings is 1. The first-order valence-electron chi connectivity index (χ1n) is 6.25. The summed E-state index contributed by atoms with van der Waals surface area (Å²) in [5.41, 5.74) is 0.691. The SMILES string of the molecule is CCOc1ccc(NC(=O)c2ccc(C(C)=O)s2)cc1. The summed E-state index contributed by atoms with van der Waals surface area (Å²) < 4.78 is 5.33. The first kappa shape index (κ1) is 14.3. The number of ether oxygens (including phenoxy) is 1. The lowest BCUT2D eigenvalue weighted by Gasteiger charge is -2.06. The minimum Gasteiger partial charge on any atom is -0.494 e. The fourth-order valence-electron chi connectivity index (χ4n) is 1.64. The Morgan fingerprint density at radius 3 is 2.30 bits per heavy atom. The normalized spacial score (nSPS) is 10.1. The van der Waals surface area contributed by atoms with Gasteiger partial charge in [0, 0.05) is 5.69 Å². The summed E-state index contributed by atoms with van der Waals surface area (Å²) in [5, 5.41) is 2.78. The van der Waals surface area contributed by atoms with Gasteiger partial charge in [-0.3, -0.25) is 9.59 Å². The van der Waals surface area contributed by atoms with Crippen molar-refractivity contribution in [3.63, 3.8) is 0 Å². The summed E-state index contributed by atoms with van der Waals surface area (Å²) in [7, 11) is 0. The Kier molecular flexibility index (Phi) is 4.53. The Hall–Kier alpha value is -2.14. The second kappa shape index (κ2) is 6.34. The topological polar surface area (TPSA) is 55.4 Å². The molecular weight excluding hydrogens is 274 g/mol. The molecule has 0 aliphatic heterocycles. The number of carbonyl (C=O) groups is 2. The lowest BCUT2D eigenvalue weighted by molar-refractivity contribution is 0.101. The van der Waals surface area contributed by atoms with Crippen LogP contribution in [0.1, 0.15) is 33.2 Å². The molecule has 0 saturated carbocycles. The zero-order chi connectivity index (χ0) is 14.5. The molecule has 1 N–H and O–H groups in total. The highest BCUT2D eigenvalue weighted by Crippen LogP contribution is 2.20. The van der Waals surface area contributed by atoms with Crippen molar-refractivity contribution in [2.75, 3.05) is 11.9 Å². The van der Waals surface area contributed by atoms with Crippen LogP contribution in [0.2, 0.25) is 0 Å². The number of hydrogen-bond donors (Lipinski definition) is 1. The number of anilines is 1. The van der Waals surface area contributed by atoms with Gasteiger partial charge in [-0.2, -0.15) is 0 Å². The summed E-state index contributed by atoms with van der Waals surface area (Å²) in [4.78, 5) is 24.3. The van der Waals surface area contributed by atoms with Gasteiger partial charge >= 0.3 is 0 Å². The van der Waals surface area contributed by atoms with E-state index in [1.165, 1.54) is 18.3 Å². The third-order valence-electron chi connectivity index (χ3n) is 2.60. The molecule has 1 aromatic heterocycles. The molecule has 20 heavy (non-hydrogen) atoms. The van der Waals surface area contributed by atoms with E-state index in [9.17, 15) is 9.59 Å². The Morgan fingerprint density at radius 2 is 1.75 bits per heavy atom. The molecule has 1 heterocycles. The smallest absolute Gasteiger partial charge is 0.265 e. The van der Waals surface area contributed by atoms with Crippen LogP contribution in [-0.4, -0.2) is 18.3 Å². The molecule has 0 aliphatic rings. The number of carbonyl (C=O) groups excluding carboxylic acids is 2. The summed E-state index contributed by atoms with van der Waals surface area (Å²) in [6.45, 7) is 4.01. The molecule has 0 bridgehead atoms. The molecule has 1 aromatic carbocycles. The molecule has 0 aliphatic carbocycles. The van der Waals surface area contributed by atoms with Gasteiger partial charge in [-0.15, -0.1) is 11.3 Å². The van der Waals surface area contributed by atoms with Gasteiger partial charge in [0.25, 0.3) is 5.91 Å². The van der Waals surface area contributed by atoms with Crippen LogP contribution < -0.4 is 10.1 Å². The van der Waals surface area contributed by atoms with E-state index >= 15 is 0 Å². The molecular formula is C15H15NO3S. The molecule has 0 fully saturated rings. The van der Waals surface area contributed by atoms with Crippen molar-refractivity contribution in [2.45, 2.75) is 13.8 Å². The minimum atomic E-state index is -0.216. The number of benzene rings is 1. The first-order valence-corrected chi connectivity index (χ1v) is 7.06. The largest absolute Gasteiger partial charge is 0.494 e. The molecule has 5 heteroatoms. The number of Topliss-reactive ketones (excluding diaryl/α,β-unsaturated/α-hetero) is 1. The monoisotopic (exact) mass is 289 g/mol. The van der Waals surface area contributed by atoms with Gasteiger partial charge in [0.1, 0.15) is 5.75 Å². The highest BCUT2D eigenvalue weighted by Gasteiger charge is 2.11. The van der Waals surface area contributed by atoms with E-state index < -0.39 is 0 Å². The Labute approximate surface area is 121 Å². The predicted octanol–water partition coefficient (Wildman–Crippen LogP) is 3.60. The third kappa shape index (κ3) is 3.45. The van der Waals surface area contributed by atoms with Gasteiger partial charge in [0.2, 0.25) is 0 Å². The Balaban J connectivity index is 2.04. The first-order chi connectivity index (χ1) is 9.60. The van der Waals surface area contributed by atoms with Gasteiger partial charge in [-0.05, 0) is 50.2 Å². The molecule has 0 spiro atoms. The fourth-order valence-corrected chi connectivity index (χ4v) is 2.44. The second-order valence-corrected chi connectivity index (χ2v) is 5.22. The van der Waals surface area contributed by atoms with E-state index in [2.05, 4.69) is 5.32 Å². The highest BCUT2D eigenvalue weighted by atomic mass is 32.1. The van der Waals surface area contributed by atoms with Crippen LogP contribution in [0.15, 0.2) is 36.4 Å². The Morgan fingerprint density at radius 1 is 1.10 bits per heavy atom. The number of hydrogen-bond acceptors (Lipinski definition) is 4. The molecule has 0 atom stereocenters. The van der Waals surface area contributed by atoms with Crippen molar-refractivity contribution >= 4 is 28.7 Å². The van der Waals surface area contributed by atoms with E-state index in [4.69, 9.17) is 4.74 Å². The van der Waals surface area contributed by atoms with Gasteiger partial charge in [0.15, 0.2) is 5.78 Å². The van der Waals surface area contributed by atoms with Crippen LogP contribution in [0.3, 0.4) is 0 Å². The van der Waals surface area contributed by atoms with E-state index in [0.29, 0.717) is 22.0 Å². The van der Waals surface area contributed by atoms with Crippen molar-refractivity contribution in [3.8, 4) is 5.75 Å². The van der Waals surface area contributed by atoms with Crippen molar-refractivity contribution in [1.29, 1.82) is 0 Å². The summed E-state index contributed by atoms with van der Waals surface area (Å²) in [5.74, 6) is 0.516. The van der Waals surface area contributed by atoms with E-state index in [1.807, 2.05) is 6.92 Å². The Bertz CT molecular complexity index is 616. The van der Waals surface area contributed by atoms with Gasteiger partial charge in [-0.1, -0.05) is 0 Å². The standard InChI is InChI=1S/C15H15NO3S/c1-3-19-12-6-4-11(5-7-12)16-15(18)14-9-8-13(20-14)10(2)17/h4-9H,3H2,1-2H3,(H,16,18). The summed E-state index contributed by atoms with van der Waals surface area (Å²) >= 11 is 1.19. The van der Waals surface area contributed by atoms with Crippen molar-refractivity contribution in [3.05, 3.63) is 46.2 Å². The zero-order valence-corrected chi connectivity index (χ0v) is 12.1. The molecule has 0 unspecified atom stereocenters. The van der Waals surface area contributed by atoms with Crippen LogP contribution >= 0.6 is 11.3 Å². The maximum Gasteiger partial charge on any atom is 0.265 e. The molecule has 2 aromatic rings. The quantitative estimate of drug-likeness (QED) is 0.856. The molecule has 0 saturated heterocycles. The van der Waals surface area contributed by atoms with Crippen LogP contribution in [0.4, 0.5) is 5.69 Å². The van der Waals surface area contributed by atoms with Crippen molar-refractivity contribution in [1.82, 2.24) is 0 Å². The lowest BCUT2D eigenvalue weighted by atomic mass is 10.3. The molecule has 1 amide bonds. The fraction of sp³-hybridized carbons (Fsp3) is 0.200. The van der Waals surface area contributed by atoms with Crippen LogP contribution in [-0.2, 0) is 0 Å². The van der Waals surface area contributed by atoms with Crippen LogP contribution in [0.5, 0.6) is 5.75 Å². The average Bonchev–Trinajstić information content (AvgIpc) is 2.91. The average molecular weight is 289 g/mol. The molecule has 2 rings (SSSR count). The maximum atomic E-state index is 12.0. The number of amides is 1. The molecule has 4 nitrogen and oxygen atoms in total. The van der Waals surface area contributed by atoms with E-state index in [0.717, 1.165) is 5.75 Å². The number of rotatable bonds is 5. The summed E-state index contributed by atoms with van der Waals surface area (Å²) in [6.07, 6.45) is 0. The minimum absolute atomic E-state index is 0.0323. The third-order valence-corrected chi connectivity index (χ3v) is 3.78. The van der Waals surface area contributed by atoms with Gasteiger partial charge < -0.3 is 10.1 Å². The zero-order valence-electron chi connectivity index (χ0n) is 11.3. The molecule has 104 valence electrons. The van der Waals surface area contributed by atoms with E-state index in [1.54, 1.807) is 36.4 Å². The van der Waals surface area contributed by atoms with Crippen molar-refractivity contribution < 1.29 is 14.3 Å². The molecule has 0 radical (unpaired) electrons. The van der Waals surface area contributed by atoms with Crippen LogP contribution in [0, 0.1) is 0 Å². The van der Waals surface area contributed by atoms with E-state index in [-0.39, 0.29) is 11.7 Å². The number of nitrogens with one attached hydrogen (secondary N) is 1. The second-order valence-electron chi connectivity index (χ2n) is 4.13. The number of ketones is 1. The maximum absolute atomic E-state index is 12.0. The summed E-state index contributed by atoms with van der Waals surface area (Å²) in [6, 6.07) is 10.5. The van der Waals surface area contributed by atoms with Gasteiger partial charge in [0.05, 0.1) is 16.4 Å². The van der Waals surface area contributed by atoms with Crippen LogP contribution in [0.25, 0.3) is 0 Å².